The summed E-state index contributed by atoms with van der Waals surface area (Å²) in [5.41, 5.74) is 0.432. The van der Waals surface area contributed by atoms with Gasteiger partial charge in [0.05, 0.1) is 12.7 Å². The van der Waals surface area contributed by atoms with Gasteiger partial charge in [-0.2, -0.15) is 0 Å². The maximum absolute atomic E-state index is 12.7. The van der Waals surface area contributed by atoms with E-state index in [9.17, 15) is 19.3 Å². The maximum atomic E-state index is 12.7. The normalized spacial score (nSPS) is 12.1. The molecule has 0 saturated heterocycles. The van der Waals surface area contributed by atoms with Gasteiger partial charge in [0.2, 0.25) is 0 Å². The van der Waals surface area contributed by atoms with Crippen molar-refractivity contribution in [3.8, 4) is 0 Å². The molecule has 0 spiro atoms. The third-order valence-corrected chi connectivity index (χ3v) is 2.67. The number of hydrogen-bond donors (Lipinski definition) is 0. The second-order valence-electron chi connectivity index (χ2n) is 4.43. The number of hydrogen-bond acceptors (Lipinski definition) is 7. The summed E-state index contributed by atoms with van der Waals surface area (Å²) in [6.45, 7) is 0.453. The van der Waals surface area contributed by atoms with Crippen molar-refractivity contribution in [1.29, 1.82) is 0 Å². The van der Waals surface area contributed by atoms with Crippen LogP contribution in [0.25, 0.3) is 0 Å². The SMILES string of the molecule is CC(=O)OC(C[18F])Cn1cc(Cn2ccnc2[N+](=O)[O-])nn1. The highest BCUT2D eigenvalue weighted by Crippen LogP contribution is 2.10. The zero-order valence-electron chi connectivity index (χ0n) is 11.6. The van der Waals surface area contributed by atoms with Gasteiger partial charge in [-0.1, -0.05) is 10.2 Å². The van der Waals surface area contributed by atoms with E-state index in [1.54, 1.807) is 0 Å². The Hall–Kier alpha value is -2.85. The lowest BCUT2D eigenvalue weighted by Gasteiger charge is -2.12. The van der Waals surface area contributed by atoms with E-state index in [2.05, 4.69) is 15.3 Å². The Bertz CT molecular complexity index is 669. The Morgan fingerprint density at radius 1 is 1.59 bits per heavy atom. The molecule has 2 rings (SSSR count). The van der Waals surface area contributed by atoms with Crippen molar-refractivity contribution in [3.05, 3.63) is 34.4 Å². The van der Waals surface area contributed by atoms with E-state index in [1.807, 2.05) is 0 Å². The number of alkyl halides is 1. The number of imidazole rings is 1. The van der Waals surface area contributed by atoms with Crippen LogP contribution in [-0.4, -0.2) is 48.2 Å². The molecule has 118 valence electrons. The average Bonchev–Trinajstić information content (AvgIpc) is 3.07. The molecule has 2 heterocycles. The highest BCUT2D eigenvalue weighted by molar-refractivity contribution is 5.66. The van der Waals surface area contributed by atoms with E-state index in [1.165, 1.54) is 34.8 Å². The van der Waals surface area contributed by atoms with Gasteiger partial charge in [-0.3, -0.25) is 4.79 Å². The molecule has 2 aromatic heterocycles. The Labute approximate surface area is 123 Å². The van der Waals surface area contributed by atoms with Crippen molar-refractivity contribution in [3.63, 3.8) is 0 Å². The van der Waals surface area contributed by atoms with Crippen molar-refractivity contribution < 1.29 is 18.8 Å². The van der Waals surface area contributed by atoms with Crippen LogP contribution in [0.2, 0.25) is 0 Å². The number of nitro groups is 1. The predicted octanol–water partition coefficient (Wildman–Crippen LogP) is 0.332. The van der Waals surface area contributed by atoms with Crippen molar-refractivity contribution in [1.82, 2.24) is 24.5 Å². The summed E-state index contributed by atoms with van der Waals surface area (Å²) in [5.74, 6) is -0.895. The molecule has 0 N–H and O–H groups in total. The van der Waals surface area contributed by atoms with Gasteiger partial charge in [-0.05, 0) is 4.92 Å². The molecule has 0 aliphatic rings. The predicted molar refractivity (Wildman–Crippen MR) is 69.5 cm³/mol. The first-order valence-corrected chi connectivity index (χ1v) is 6.27. The first kappa shape index (κ1) is 15.5. The number of rotatable bonds is 7. The number of carbonyl (C=O) groups is 1. The van der Waals surface area contributed by atoms with Crippen LogP contribution in [0, 0.1) is 10.1 Å². The van der Waals surface area contributed by atoms with Crippen LogP contribution in [0.3, 0.4) is 0 Å². The molecule has 0 radical (unpaired) electrons. The van der Waals surface area contributed by atoms with Gasteiger partial charge < -0.3 is 14.9 Å². The summed E-state index contributed by atoms with van der Waals surface area (Å²) >= 11 is 0. The summed E-state index contributed by atoms with van der Waals surface area (Å²) in [6, 6.07) is 0. The van der Waals surface area contributed by atoms with Gasteiger partial charge in [0.25, 0.3) is 0 Å². The molecule has 0 aliphatic heterocycles. The molecule has 0 fully saturated rings. The van der Waals surface area contributed by atoms with Crippen LogP contribution in [0.4, 0.5) is 10.3 Å². The number of nitrogens with zero attached hydrogens (tertiary/aromatic N) is 6. The topological polar surface area (TPSA) is 118 Å². The van der Waals surface area contributed by atoms with Gasteiger partial charge in [-0.15, -0.1) is 5.10 Å². The first-order valence-electron chi connectivity index (χ1n) is 6.27. The van der Waals surface area contributed by atoms with Crippen molar-refractivity contribution in [2.24, 2.45) is 0 Å². The Kier molecular flexibility index (Phi) is 4.76. The van der Waals surface area contributed by atoms with Crippen molar-refractivity contribution >= 4 is 11.9 Å². The van der Waals surface area contributed by atoms with Crippen LogP contribution >= 0.6 is 0 Å². The summed E-state index contributed by atoms with van der Waals surface area (Å²) in [5, 5.41) is 18.4. The molecule has 11 heteroatoms. The highest BCUT2D eigenvalue weighted by atomic mass is 18.2. The van der Waals surface area contributed by atoms with E-state index in [0.717, 1.165) is 0 Å². The van der Waals surface area contributed by atoms with Crippen molar-refractivity contribution in [2.75, 3.05) is 6.67 Å². The first-order chi connectivity index (χ1) is 10.5. The third kappa shape index (κ3) is 3.84. The fraction of sp³-hybridized carbons (Fsp3) is 0.455. The molecule has 22 heavy (non-hydrogen) atoms. The standard InChI is InChI=1S/C11H13FN6O4/c1-8(19)22-10(4-12)7-17-6-9(14-15-17)5-16-3-2-13-11(16)18(20)21/h2-3,6,10H,4-5,7H2,1H3/i12-1. The lowest BCUT2D eigenvalue weighted by Crippen LogP contribution is -2.24. The van der Waals surface area contributed by atoms with E-state index >= 15 is 0 Å². The second kappa shape index (κ2) is 6.74. The minimum Gasteiger partial charge on any atom is -0.458 e. The van der Waals surface area contributed by atoms with Crippen LogP contribution in [0.1, 0.15) is 12.6 Å². The quantitative estimate of drug-likeness (QED) is 0.411. The number of ether oxygens (including phenoxy) is 1. The smallest absolute Gasteiger partial charge is 0.434 e. The summed E-state index contributed by atoms with van der Waals surface area (Å²) in [4.78, 5) is 24.6. The Morgan fingerprint density at radius 2 is 2.36 bits per heavy atom. The lowest BCUT2D eigenvalue weighted by molar-refractivity contribution is -0.396. The number of carbonyl (C=O) groups excluding carboxylic acids is 1. The van der Waals surface area contributed by atoms with Gasteiger partial charge in [0.15, 0.2) is 0 Å². The lowest BCUT2D eigenvalue weighted by atomic mass is 10.4. The maximum Gasteiger partial charge on any atom is 0.434 e. The molecular formula is C11H13FN6O4. The van der Waals surface area contributed by atoms with Gasteiger partial charge in [0.1, 0.15) is 37.4 Å². The molecule has 0 saturated carbocycles. The van der Waals surface area contributed by atoms with Crippen LogP contribution < -0.4 is 0 Å². The molecule has 0 aromatic carbocycles. The fourth-order valence-electron chi connectivity index (χ4n) is 1.83. The van der Waals surface area contributed by atoms with Crippen LogP contribution in [0.5, 0.6) is 0 Å². The van der Waals surface area contributed by atoms with Gasteiger partial charge in [0, 0.05) is 6.92 Å². The molecule has 1 atom stereocenters. The fourth-order valence-corrected chi connectivity index (χ4v) is 1.83. The zero-order chi connectivity index (χ0) is 16.1. The molecule has 2 aromatic rings. The van der Waals surface area contributed by atoms with E-state index < -0.39 is 23.7 Å². The number of esters is 1. The third-order valence-electron chi connectivity index (χ3n) is 2.67. The largest absolute Gasteiger partial charge is 0.458 e. The monoisotopic (exact) mass is 311 g/mol. The molecule has 10 nitrogen and oxygen atoms in total. The molecule has 0 aliphatic carbocycles. The Balaban J connectivity index is 2.03. The highest BCUT2D eigenvalue weighted by Gasteiger charge is 2.17. The molecule has 0 bridgehead atoms. The summed E-state index contributed by atoms with van der Waals surface area (Å²) in [6.07, 6.45) is 3.30. The van der Waals surface area contributed by atoms with Crippen LogP contribution in [-0.2, 0) is 22.6 Å². The van der Waals surface area contributed by atoms with E-state index in [4.69, 9.17) is 4.74 Å². The Morgan fingerprint density at radius 3 is 3.00 bits per heavy atom. The number of halogens is 1. The van der Waals surface area contributed by atoms with E-state index in [0.29, 0.717) is 5.69 Å². The van der Waals surface area contributed by atoms with E-state index in [-0.39, 0.29) is 19.0 Å². The second-order valence-corrected chi connectivity index (χ2v) is 4.43. The zero-order valence-corrected chi connectivity index (χ0v) is 11.6. The minimum absolute atomic E-state index is 0.00903. The van der Waals surface area contributed by atoms with Crippen molar-refractivity contribution in [2.45, 2.75) is 26.1 Å². The minimum atomic E-state index is -0.949. The van der Waals surface area contributed by atoms with Gasteiger partial charge in [-0.25, -0.2) is 13.6 Å². The summed E-state index contributed by atoms with van der Waals surface area (Å²) in [7, 11) is 0. The van der Waals surface area contributed by atoms with Crippen LogP contribution in [0.15, 0.2) is 18.6 Å². The van der Waals surface area contributed by atoms with Gasteiger partial charge >= 0.3 is 11.9 Å². The molecule has 0 amide bonds. The molecular weight excluding hydrogens is 298 g/mol. The average molecular weight is 311 g/mol. The number of aromatic nitrogens is 5. The molecule has 1 unspecified atom stereocenters. The summed E-state index contributed by atoms with van der Waals surface area (Å²) < 4.78 is 20.1.